The summed E-state index contributed by atoms with van der Waals surface area (Å²) in [6, 6.07) is 2.37. The molecule has 0 bridgehead atoms. The van der Waals surface area contributed by atoms with Gasteiger partial charge in [0.1, 0.15) is 5.56 Å². The minimum atomic E-state index is -0.333. The smallest absolute Gasteiger partial charge is 0.283 e. The van der Waals surface area contributed by atoms with Gasteiger partial charge in [0.05, 0.1) is 29.9 Å². The second-order valence-electron chi connectivity index (χ2n) is 5.09. The third-order valence-corrected chi connectivity index (χ3v) is 3.95. The number of carbonyl (C=O) groups excluding carboxylic acids is 1. The molecule has 3 rings (SSSR count). The number of nitrogens with zero attached hydrogens (tertiary/aromatic N) is 4. The predicted octanol–water partition coefficient (Wildman–Crippen LogP) is 1.68. The molecule has 1 aromatic rings. The fourth-order valence-corrected chi connectivity index (χ4v) is 2.98. The molecule has 1 fully saturated rings. The zero-order valence-corrected chi connectivity index (χ0v) is 10.5. The van der Waals surface area contributed by atoms with Crippen LogP contribution in [0, 0.1) is 17.2 Å². The molecule has 1 aliphatic heterocycles. The van der Waals surface area contributed by atoms with E-state index in [1.165, 1.54) is 6.21 Å². The summed E-state index contributed by atoms with van der Waals surface area (Å²) >= 11 is 0. The Bertz CT molecular complexity index is 595. The molecular weight excluding hydrogens is 242 g/mol. The lowest BCUT2D eigenvalue weighted by Gasteiger charge is -2.20. The molecule has 1 aliphatic carbocycles. The first-order valence-electron chi connectivity index (χ1n) is 6.58. The maximum Gasteiger partial charge on any atom is 0.283 e. The summed E-state index contributed by atoms with van der Waals surface area (Å²) in [7, 11) is 0. The van der Waals surface area contributed by atoms with E-state index >= 15 is 0 Å². The normalized spacial score (nSPS) is 25.9. The largest absolute Gasteiger partial charge is 0.382 e. The van der Waals surface area contributed by atoms with Gasteiger partial charge in [0, 0.05) is 0 Å². The molecule has 0 saturated heterocycles. The number of hydrogen-bond acceptors (Lipinski definition) is 4. The summed E-state index contributed by atoms with van der Waals surface area (Å²) in [5.74, 6) is -0.186. The number of carbonyl (C=O) groups is 1. The average molecular weight is 257 g/mol. The van der Waals surface area contributed by atoms with E-state index in [0.717, 1.165) is 32.1 Å². The van der Waals surface area contributed by atoms with Gasteiger partial charge in [-0.25, -0.2) is 4.99 Å². The molecule has 0 radical (unpaired) electrons. The molecule has 0 aromatic carbocycles. The van der Waals surface area contributed by atoms with E-state index in [4.69, 9.17) is 5.73 Å². The highest BCUT2D eigenvalue weighted by Gasteiger charge is 2.32. The van der Waals surface area contributed by atoms with Crippen molar-refractivity contribution in [2.75, 3.05) is 5.73 Å². The number of amides is 1. The summed E-state index contributed by atoms with van der Waals surface area (Å²) in [4.78, 5) is 15.4. The van der Waals surface area contributed by atoms with E-state index in [1.807, 2.05) is 0 Å². The van der Waals surface area contributed by atoms with Crippen LogP contribution in [0.5, 0.6) is 0 Å². The molecule has 19 heavy (non-hydrogen) atoms. The summed E-state index contributed by atoms with van der Waals surface area (Å²) in [6.45, 7) is 0. The van der Waals surface area contributed by atoms with Gasteiger partial charge in [-0.05, 0) is 12.8 Å². The van der Waals surface area contributed by atoms with Gasteiger partial charge in [-0.2, -0.15) is 10.4 Å². The van der Waals surface area contributed by atoms with E-state index in [2.05, 4.69) is 16.2 Å². The molecule has 1 saturated carbocycles. The van der Waals surface area contributed by atoms with Gasteiger partial charge in [-0.3, -0.25) is 9.48 Å². The number of nitrogen functional groups attached to an aromatic ring is 1. The van der Waals surface area contributed by atoms with Gasteiger partial charge >= 0.3 is 0 Å². The number of aliphatic imine (C=N–C) groups is 1. The van der Waals surface area contributed by atoms with Crippen molar-refractivity contribution in [1.29, 1.82) is 5.26 Å². The fourth-order valence-electron chi connectivity index (χ4n) is 2.98. The summed E-state index contributed by atoms with van der Waals surface area (Å²) in [5.41, 5.74) is 6.85. The highest BCUT2D eigenvalue weighted by Crippen LogP contribution is 2.35. The minimum Gasteiger partial charge on any atom is -0.382 e. The zero-order valence-electron chi connectivity index (χ0n) is 10.5. The monoisotopic (exact) mass is 257 g/mol. The molecule has 1 amide bonds. The first kappa shape index (κ1) is 11.9. The lowest BCUT2D eigenvalue weighted by atomic mass is 9.96. The molecule has 6 heteroatoms. The van der Waals surface area contributed by atoms with Crippen LogP contribution in [0.25, 0.3) is 0 Å². The molecule has 6 nitrogen and oxygen atoms in total. The molecule has 98 valence electrons. The SMILES string of the molecule is N#C[C@H]1CCCCC[C@@H]1n1nc(N)c2c1C=NC2=O. The molecule has 0 unspecified atom stereocenters. The number of rotatable bonds is 1. The Morgan fingerprint density at radius 2 is 2.16 bits per heavy atom. The van der Waals surface area contributed by atoms with Gasteiger partial charge in [0.25, 0.3) is 5.91 Å². The molecule has 2 N–H and O–H groups in total. The van der Waals surface area contributed by atoms with Gasteiger partial charge < -0.3 is 5.73 Å². The van der Waals surface area contributed by atoms with E-state index in [-0.39, 0.29) is 23.7 Å². The van der Waals surface area contributed by atoms with Crippen molar-refractivity contribution in [2.45, 2.75) is 38.1 Å². The maximum absolute atomic E-state index is 11.6. The Hall–Kier alpha value is -2.16. The van der Waals surface area contributed by atoms with Crippen LogP contribution in [0.2, 0.25) is 0 Å². The van der Waals surface area contributed by atoms with Crippen LogP contribution in [0.4, 0.5) is 5.82 Å². The molecule has 1 aromatic heterocycles. The van der Waals surface area contributed by atoms with Crippen LogP contribution in [-0.4, -0.2) is 21.9 Å². The third-order valence-electron chi connectivity index (χ3n) is 3.95. The van der Waals surface area contributed by atoms with E-state index < -0.39 is 0 Å². The Balaban J connectivity index is 2.04. The lowest BCUT2D eigenvalue weighted by molar-refractivity contribution is 0.101. The molecule has 0 spiro atoms. The molecule has 2 atom stereocenters. The fraction of sp³-hybridized carbons (Fsp3) is 0.538. The summed E-state index contributed by atoms with van der Waals surface area (Å²) in [5, 5.41) is 13.6. The van der Waals surface area contributed by atoms with Crippen molar-refractivity contribution < 1.29 is 4.79 Å². The van der Waals surface area contributed by atoms with Gasteiger partial charge in [0.15, 0.2) is 5.82 Å². The number of nitrogens with two attached hydrogens (primary N) is 1. The number of anilines is 1. The highest BCUT2D eigenvalue weighted by atomic mass is 16.1. The van der Waals surface area contributed by atoms with Crippen molar-refractivity contribution in [3.05, 3.63) is 11.3 Å². The minimum absolute atomic E-state index is 0.00380. The van der Waals surface area contributed by atoms with Crippen LogP contribution in [0.1, 0.15) is 54.2 Å². The van der Waals surface area contributed by atoms with Crippen molar-refractivity contribution in [2.24, 2.45) is 10.9 Å². The third kappa shape index (κ3) is 1.82. The predicted molar refractivity (Wildman–Crippen MR) is 69.8 cm³/mol. The highest BCUT2D eigenvalue weighted by molar-refractivity contribution is 6.14. The molecular formula is C13H15N5O. The van der Waals surface area contributed by atoms with Crippen molar-refractivity contribution >= 4 is 17.9 Å². The number of fused-ring (bicyclic) bond motifs is 1. The summed E-state index contributed by atoms with van der Waals surface area (Å²) in [6.07, 6.45) is 6.57. The number of nitriles is 1. The van der Waals surface area contributed by atoms with Crippen LogP contribution in [0.3, 0.4) is 0 Å². The maximum atomic E-state index is 11.6. The van der Waals surface area contributed by atoms with Crippen LogP contribution in [-0.2, 0) is 0 Å². The van der Waals surface area contributed by atoms with Crippen molar-refractivity contribution in [1.82, 2.24) is 9.78 Å². The Morgan fingerprint density at radius 1 is 1.37 bits per heavy atom. The Morgan fingerprint density at radius 3 is 2.95 bits per heavy atom. The molecule has 2 heterocycles. The number of aromatic nitrogens is 2. The average Bonchev–Trinajstić information content (AvgIpc) is 2.82. The van der Waals surface area contributed by atoms with Crippen molar-refractivity contribution in [3.63, 3.8) is 0 Å². The number of hydrogen-bond donors (Lipinski definition) is 1. The standard InChI is InChI=1S/C13H15N5O/c14-6-8-4-2-1-3-5-9(8)18-10-7-16-13(19)11(10)12(15)17-18/h7-9H,1-5H2,(H2,15,17)/t8-,9+/m1/s1. The first-order chi connectivity index (χ1) is 9.22. The molecule has 2 aliphatic rings. The quantitative estimate of drug-likeness (QED) is 0.774. The zero-order chi connectivity index (χ0) is 13.4. The van der Waals surface area contributed by atoms with E-state index in [0.29, 0.717) is 11.3 Å². The topological polar surface area (TPSA) is 97.1 Å². The van der Waals surface area contributed by atoms with Gasteiger partial charge in [-0.1, -0.05) is 19.3 Å². The van der Waals surface area contributed by atoms with Crippen LogP contribution >= 0.6 is 0 Å². The van der Waals surface area contributed by atoms with Crippen LogP contribution in [0.15, 0.2) is 4.99 Å². The van der Waals surface area contributed by atoms with Gasteiger partial charge in [-0.15, -0.1) is 0 Å². The Kier molecular flexibility index (Phi) is 2.82. The Labute approximate surface area is 110 Å². The van der Waals surface area contributed by atoms with Gasteiger partial charge in [0.2, 0.25) is 0 Å². The van der Waals surface area contributed by atoms with E-state index in [1.54, 1.807) is 4.68 Å². The second kappa shape index (κ2) is 4.50. The van der Waals surface area contributed by atoms with Crippen LogP contribution < -0.4 is 5.73 Å². The summed E-state index contributed by atoms with van der Waals surface area (Å²) < 4.78 is 1.75. The second-order valence-corrected chi connectivity index (χ2v) is 5.09. The van der Waals surface area contributed by atoms with E-state index in [9.17, 15) is 10.1 Å². The van der Waals surface area contributed by atoms with Crippen molar-refractivity contribution in [3.8, 4) is 6.07 Å². The lowest BCUT2D eigenvalue weighted by Crippen LogP contribution is -2.20. The first-order valence-corrected chi connectivity index (χ1v) is 6.58.